The van der Waals surface area contributed by atoms with E-state index in [1.54, 1.807) is 0 Å². The number of nitrogens with one attached hydrogen (secondary N) is 1. The third kappa shape index (κ3) is 4.74. The van der Waals surface area contributed by atoms with Crippen LogP contribution in [0.5, 0.6) is 5.75 Å². The Hall–Kier alpha value is -2.52. The van der Waals surface area contributed by atoms with Crippen molar-refractivity contribution in [2.45, 2.75) is 19.5 Å². The van der Waals surface area contributed by atoms with Gasteiger partial charge in [-0.2, -0.15) is 13.2 Å². The maximum absolute atomic E-state index is 13.7. The molecule has 1 atom stereocenters. The highest BCUT2D eigenvalue weighted by Gasteiger charge is 2.42. The molecule has 1 unspecified atom stereocenters. The first-order chi connectivity index (χ1) is 11.5. The molecular formula is C15H16F4N2O4. The third-order valence-corrected chi connectivity index (χ3v) is 3.85. The summed E-state index contributed by atoms with van der Waals surface area (Å²) in [6, 6.07) is 2.38. The van der Waals surface area contributed by atoms with E-state index in [1.165, 1.54) is 17.9 Å². The van der Waals surface area contributed by atoms with Crippen molar-refractivity contribution in [2.24, 2.45) is 5.41 Å². The fourth-order valence-corrected chi connectivity index (χ4v) is 2.37. The molecule has 0 aliphatic carbocycles. The number of nitrogens with zero attached hydrogens (tertiary/aromatic N) is 1. The first kappa shape index (κ1) is 18.8. The van der Waals surface area contributed by atoms with Crippen LogP contribution in [-0.4, -0.2) is 47.9 Å². The van der Waals surface area contributed by atoms with E-state index in [1.807, 2.05) is 0 Å². The molecule has 2 N–H and O–H groups in total. The summed E-state index contributed by atoms with van der Waals surface area (Å²) >= 11 is 0. The number of aliphatic carboxylic acids is 1. The second kappa shape index (κ2) is 6.77. The Balaban J connectivity index is 1.98. The molecule has 1 aliphatic heterocycles. The Labute approximate surface area is 140 Å². The molecule has 0 bridgehead atoms. The van der Waals surface area contributed by atoms with Crippen molar-refractivity contribution >= 4 is 17.7 Å². The lowest BCUT2D eigenvalue weighted by Crippen LogP contribution is -2.37. The quantitative estimate of drug-likeness (QED) is 0.805. The maximum Gasteiger partial charge on any atom is 0.422 e. The van der Waals surface area contributed by atoms with Gasteiger partial charge in [0, 0.05) is 24.8 Å². The van der Waals surface area contributed by atoms with Crippen molar-refractivity contribution in [1.82, 2.24) is 4.90 Å². The van der Waals surface area contributed by atoms with Crippen LogP contribution in [0.4, 0.5) is 28.0 Å². The Morgan fingerprint density at radius 1 is 1.40 bits per heavy atom. The van der Waals surface area contributed by atoms with Crippen molar-refractivity contribution in [3.05, 3.63) is 24.0 Å². The minimum absolute atomic E-state index is 0.00340. The molecule has 10 heteroatoms. The van der Waals surface area contributed by atoms with E-state index in [4.69, 9.17) is 5.11 Å². The molecule has 138 valence electrons. The molecule has 1 aliphatic rings. The van der Waals surface area contributed by atoms with Crippen LogP contribution in [0.15, 0.2) is 18.2 Å². The van der Waals surface area contributed by atoms with Crippen molar-refractivity contribution in [3.8, 4) is 5.75 Å². The van der Waals surface area contributed by atoms with E-state index in [0.29, 0.717) is 0 Å². The number of carboxylic acid groups (broad SMARTS) is 1. The summed E-state index contributed by atoms with van der Waals surface area (Å²) in [5.74, 6) is -2.66. The van der Waals surface area contributed by atoms with Crippen molar-refractivity contribution in [3.63, 3.8) is 0 Å². The summed E-state index contributed by atoms with van der Waals surface area (Å²) in [4.78, 5) is 24.5. The van der Waals surface area contributed by atoms with Crippen LogP contribution in [0.25, 0.3) is 0 Å². The molecule has 2 amide bonds. The van der Waals surface area contributed by atoms with Gasteiger partial charge in [0.15, 0.2) is 18.2 Å². The fraction of sp³-hybridized carbons (Fsp3) is 0.467. The van der Waals surface area contributed by atoms with Gasteiger partial charge in [-0.25, -0.2) is 9.18 Å². The lowest BCUT2D eigenvalue weighted by atomic mass is 9.90. The van der Waals surface area contributed by atoms with E-state index in [9.17, 15) is 27.2 Å². The number of ether oxygens (including phenoxy) is 1. The van der Waals surface area contributed by atoms with Crippen LogP contribution in [0.1, 0.15) is 13.3 Å². The van der Waals surface area contributed by atoms with Gasteiger partial charge >= 0.3 is 18.2 Å². The molecule has 1 fully saturated rings. The minimum atomic E-state index is -4.59. The smallest absolute Gasteiger partial charge is 0.422 e. The third-order valence-electron chi connectivity index (χ3n) is 3.85. The summed E-state index contributed by atoms with van der Waals surface area (Å²) in [5.41, 5.74) is -1.02. The van der Waals surface area contributed by atoms with Crippen LogP contribution >= 0.6 is 0 Å². The molecule has 25 heavy (non-hydrogen) atoms. The number of halogens is 4. The van der Waals surface area contributed by atoms with Crippen LogP contribution in [0, 0.1) is 11.2 Å². The number of hydrogen-bond donors (Lipinski definition) is 2. The van der Waals surface area contributed by atoms with E-state index in [2.05, 4.69) is 10.1 Å². The summed E-state index contributed by atoms with van der Waals surface area (Å²) < 4.78 is 54.3. The van der Waals surface area contributed by atoms with Crippen LogP contribution in [-0.2, 0) is 4.79 Å². The average molecular weight is 364 g/mol. The van der Waals surface area contributed by atoms with Crippen LogP contribution < -0.4 is 10.1 Å². The summed E-state index contributed by atoms with van der Waals surface area (Å²) in [6.07, 6.45) is -4.31. The van der Waals surface area contributed by atoms with Crippen molar-refractivity contribution < 1.29 is 37.0 Å². The minimum Gasteiger partial charge on any atom is -0.481 e. The van der Waals surface area contributed by atoms with Crippen LogP contribution in [0.3, 0.4) is 0 Å². The van der Waals surface area contributed by atoms with E-state index >= 15 is 0 Å². The van der Waals surface area contributed by atoms with Crippen molar-refractivity contribution in [2.75, 3.05) is 25.0 Å². The SMILES string of the molecule is CC1(C(=O)O)CCN(C(=O)Nc2ccc(OCC(F)(F)F)c(F)c2)C1. The van der Waals surface area contributed by atoms with Gasteiger partial charge in [-0.15, -0.1) is 0 Å². The Morgan fingerprint density at radius 2 is 2.08 bits per heavy atom. The zero-order valence-corrected chi connectivity index (χ0v) is 13.2. The van der Waals surface area contributed by atoms with Crippen LogP contribution in [0.2, 0.25) is 0 Å². The molecule has 1 saturated heterocycles. The standard InChI is InChI=1S/C15H16F4N2O4/c1-14(12(22)23)4-5-21(7-14)13(24)20-9-2-3-11(10(16)6-9)25-8-15(17,18)19/h2-3,6H,4-5,7-8H2,1H3,(H,20,24)(H,22,23). The number of benzene rings is 1. The molecule has 1 heterocycles. The second-order valence-corrected chi connectivity index (χ2v) is 6.02. The van der Waals surface area contributed by atoms with Gasteiger partial charge in [-0.1, -0.05) is 0 Å². The first-order valence-corrected chi connectivity index (χ1v) is 7.29. The van der Waals surface area contributed by atoms with Gasteiger partial charge in [0.25, 0.3) is 0 Å². The lowest BCUT2D eigenvalue weighted by molar-refractivity contribution is -0.153. The number of urea groups is 1. The van der Waals surface area contributed by atoms with Gasteiger partial charge < -0.3 is 20.1 Å². The van der Waals surface area contributed by atoms with Gasteiger partial charge in [-0.3, -0.25) is 4.79 Å². The monoisotopic (exact) mass is 364 g/mol. The number of carbonyl (C=O) groups is 2. The first-order valence-electron chi connectivity index (χ1n) is 7.29. The maximum atomic E-state index is 13.7. The molecule has 0 spiro atoms. The summed E-state index contributed by atoms with van der Waals surface area (Å²) in [5, 5.41) is 11.5. The summed E-state index contributed by atoms with van der Waals surface area (Å²) in [7, 11) is 0. The second-order valence-electron chi connectivity index (χ2n) is 6.02. The highest BCUT2D eigenvalue weighted by Crippen LogP contribution is 2.31. The molecule has 0 radical (unpaired) electrons. The Morgan fingerprint density at radius 3 is 2.60 bits per heavy atom. The molecular weight excluding hydrogens is 348 g/mol. The molecule has 0 saturated carbocycles. The zero-order chi connectivity index (χ0) is 18.8. The number of carboxylic acids is 1. The molecule has 1 aromatic carbocycles. The molecule has 0 aromatic heterocycles. The molecule has 1 aromatic rings. The number of carbonyl (C=O) groups excluding carboxylic acids is 1. The predicted octanol–water partition coefficient (Wildman–Crippen LogP) is 3.10. The van der Waals surface area contributed by atoms with Gasteiger partial charge in [0.05, 0.1) is 5.41 Å². The van der Waals surface area contributed by atoms with Crippen molar-refractivity contribution in [1.29, 1.82) is 0 Å². The normalized spacial score (nSPS) is 20.4. The zero-order valence-electron chi connectivity index (χ0n) is 13.2. The highest BCUT2D eigenvalue weighted by molar-refractivity contribution is 5.90. The van der Waals surface area contributed by atoms with E-state index in [-0.39, 0.29) is 25.2 Å². The summed E-state index contributed by atoms with van der Waals surface area (Å²) in [6.45, 7) is 0.125. The van der Waals surface area contributed by atoms with Gasteiger partial charge in [0.1, 0.15) is 0 Å². The largest absolute Gasteiger partial charge is 0.481 e. The number of amides is 2. The highest BCUT2D eigenvalue weighted by atomic mass is 19.4. The van der Waals surface area contributed by atoms with Gasteiger partial charge in [-0.05, 0) is 25.5 Å². The average Bonchev–Trinajstić information content (AvgIpc) is 2.89. The number of alkyl halides is 3. The number of hydrogen-bond acceptors (Lipinski definition) is 3. The molecule has 6 nitrogen and oxygen atoms in total. The van der Waals surface area contributed by atoms with E-state index < -0.39 is 41.8 Å². The lowest BCUT2D eigenvalue weighted by Gasteiger charge is -2.20. The topological polar surface area (TPSA) is 78.9 Å². The van der Waals surface area contributed by atoms with Gasteiger partial charge in [0.2, 0.25) is 0 Å². The number of likely N-dealkylation sites (tertiary alicyclic amines) is 1. The Bertz CT molecular complexity index is 680. The van der Waals surface area contributed by atoms with E-state index in [0.717, 1.165) is 12.1 Å². The number of anilines is 1. The number of rotatable bonds is 4. The molecule has 2 rings (SSSR count). The Kier molecular flexibility index (Phi) is 5.09. The predicted molar refractivity (Wildman–Crippen MR) is 78.9 cm³/mol. The fourth-order valence-electron chi connectivity index (χ4n) is 2.37.